The standard InChI is InChI=1S/C24H25FN6O2S2/c1-15(30(2)3)22-28-29-24(31(22)18-9-7-17(25)8-10-18)35-14-21(32)27-23-26-20(13-34-23)16-5-11-19(33-4)12-6-16/h5-13,15H,14H2,1-4H3,(H,26,27,32). The first-order chi connectivity index (χ1) is 16.9. The Labute approximate surface area is 211 Å². The molecule has 4 aromatic rings. The number of ether oxygens (including phenoxy) is 1. The van der Waals surface area contributed by atoms with Gasteiger partial charge in [0.2, 0.25) is 5.91 Å². The lowest BCUT2D eigenvalue weighted by Gasteiger charge is -2.20. The first-order valence-corrected chi connectivity index (χ1v) is 12.6. The quantitative estimate of drug-likeness (QED) is 0.320. The van der Waals surface area contributed by atoms with Gasteiger partial charge in [0.25, 0.3) is 0 Å². The number of carbonyl (C=O) groups excluding carboxylic acids is 1. The van der Waals surface area contributed by atoms with Crippen molar-refractivity contribution in [1.29, 1.82) is 0 Å². The van der Waals surface area contributed by atoms with Crippen LogP contribution in [-0.4, -0.2) is 57.5 Å². The Morgan fingerprint density at radius 1 is 1.17 bits per heavy atom. The number of carbonyl (C=O) groups is 1. The third-order valence-electron chi connectivity index (χ3n) is 5.36. The average molecular weight is 513 g/mol. The molecular formula is C24H25FN6O2S2. The van der Waals surface area contributed by atoms with E-state index >= 15 is 0 Å². The Morgan fingerprint density at radius 3 is 2.54 bits per heavy atom. The average Bonchev–Trinajstić information content (AvgIpc) is 3.50. The van der Waals surface area contributed by atoms with Gasteiger partial charge in [-0.2, -0.15) is 0 Å². The highest BCUT2D eigenvalue weighted by atomic mass is 32.2. The smallest absolute Gasteiger partial charge is 0.236 e. The molecule has 1 atom stereocenters. The molecular weight excluding hydrogens is 487 g/mol. The van der Waals surface area contributed by atoms with E-state index in [9.17, 15) is 9.18 Å². The molecule has 0 bridgehead atoms. The van der Waals surface area contributed by atoms with Gasteiger partial charge in [0.05, 0.1) is 24.6 Å². The summed E-state index contributed by atoms with van der Waals surface area (Å²) in [7, 11) is 5.51. The lowest BCUT2D eigenvalue weighted by atomic mass is 10.2. The molecule has 11 heteroatoms. The molecule has 1 amide bonds. The van der Waals surface area contributed by atoms with Gasteiger partial charge in [-0.15, -0.1) is 21.5 Å². The van der Waals surface area contributed by atoms with Crippen molar-refractivity contribution in [2.45, 2.75) is 18.1 Å². The van der Waals surface area contributed by atoms with Crippen LogP contribution in [-0.2, 0) is 4.79 Å². The highest BCUT2D eigenvalue weighted by molar-refractivity contribution is 7.99. The van der Waals surface area contributed by atoms with E-state index in [4.69, 9.17) is 4.74 Å². The van der Waals surface area contributed by atoms with Crippen LogP contribution in [0, 0.1) is 5.82 Å². The Morgan fingerprint density at radius 2 is 1.89 bits per heavy atom. The van der Waals surface area contributed by atoms with Crippen molar-refractivity contribution in [3.63, 3.8) is 0 Å². The summed E-state index contributed by atoms with van der Waals surface area (Å²) in [6.07, 6.45) is 0. The van der Waals surface area contributed by atoms with Crippen LogP contribution < -0.4 is 10.1 Å². The Bertz CT molecular complexity index is 1290. The van der Waals surface area contributed by atoms with Crippen molar-refractivity contribution in [2.24, 2.45) is 0 Å². The second-order valence-corrected chi connectivity index (χ2v) is 9.70. The number of thioether (sulfide) groups is 1. The summed E-state index contributed by atoms with van der Waals surface area (Å²) in [6, 6.07) is 13.7. The van der Waals surface area contributed by atoms with Gasteiger partial charge in [0, 0.05) is 16.6 Å². The minimum absolute atomic E-state index is 0.0394. The zero-order valence-corrected chi connectivity index (χ0v) is 21.4. The fourth-order valence-corrected chi connectivity index (χ4v) is 4.71. The molecule has 0 radical (unpaired) electrons. The lowest BCUT2D eigenvalue weighted by molar-refractivity contribution is -0.113. The third-order valence-corrected chi connectivity index (χ3v) is 7.05. The van der Waals surface area contributed by atoms with Crippen LogP contribution in [0.3, 0.4) is 0 Å². The van der Waals surface area contributed by atoms with E-state index in [1.807, 2.05) is 60.1 Å². The fraction of sp³-hybridized carbons (Fsp3) is 0.250. The first-order valence-electron chi connectivity index (χ1n) is 10.8. The molecule has 8 nitrogen and oxygen atoms in total. The zero-order valence-electron chi connectivity index (χ0n) is 19.7. The lowest BCUT2D eigenvalue weighted by Crippen LogP contribution is -2.21. The minimum Gasteiger partial charge on any atom is -0.497 e. The van der Waals surface area contributed by atoms with Gasteiger partial charge in [-0.05, 0) is 69.6 Å². The molecule has 182 valence electrons. The van der Waals surface area contributed by atoms with Crippen LogP contribution in [0.4, 0.5) is 9.52 Å². The summed E-state index contributed by atoms with van der Waals surface area (Å²) in [4.78, 5) is 19.2. The first kappa shape index (κ1) is 24.8. The molecule has 1 unspecified atom stereocenters. The molecule has 0 aliphatic heterocycles. The SMILES string of the molecule is COc1ccc(-c2csc(NC(=O)CSc3nnc(C(C)N(C)C)n3-c3ccc(F)cc3)n2)cc1. The summed E-state index contributed by atoms with van der Waals surface area (Å²) in [6.45, 7) is 2.01. The predicted molar refractivity (Wildman–Crippen MR) is 137 cm³/mol. The largest absolute Gasteiger partial charge is 0.497 e. The summed E-state index contributed by atoms with van der Waals surface area (Å²) >= 11 is 2.62. The summed E-state index contributed by atoms with van der Waals surface area (Å²) in [5.74, 6) is 1.06. The van der Waals surface area contributed by atoms with Crippen molar-refractivity contribution in [2.75, 3.05) is 32.3 Å². The van der Waals surface area contributed by atoms with Gasteiger partial charge >= 0.3 is 0 Å². The van der Waals surface area contributed by atoms with Crippen molar-refractivity contribution >= 4 is 34.1 Å². The van der Waals surface area contributed by atoms with E-state index in [1.54, 1.807) is 19.2 Å². The number of hydrogen-bond acceptors (Lipinski definition) is 8. The highest BCUT2D eigenvalue weighted by Crippen LogP contribution is 2.29. The molecule has 1 N–H and O–H groups in total. The number of benzene rings is 2. The summed E-state index contributed by atoms with van der Waals surface area (Å²) in [5.41, 5.74) is 2.44. The van der Waals surface area contributed by atoms with Gasteiger partial charge in [0.1, 0.15) is 11.6 Å². The van der Waals surface area contributed by atoms with Crippen molar-refractivity contribution in [3.05, 3.63) is 65.6 Å². The van der Waals surface area contributed by atoms with Gasteiger partial charge in [-0.1, -0.05) is 11.8 Å². The summed E-state index contributed by atoms with van der Waals surface area (Å²) < 4.78 is 20.5. The number of halogens is 1. The summed E-state index contributed by atoms with van der Waals surface area (Å²) in [5, 5.41) is 14.5. The van der Waals surface area contributed by atoms with E-state index in [-0.39, 0.29) is 23.5 Å². The molecule has 0 saturated heterocycles. The third kappa shape index (κ3) is 5.87. The Kier molecular flexibility index (Phi) is 7.79. The second-order valence-electron chi connectivity index (χ2n) is 7.90. The maximum absolute atomic E-state index is 13.5. The number of nitrogens with one attached hydrogen (secondary N) is 1. The minimum atomic E-state index is -0.324. The van der Waals surface area contributed by atoms with E-state index in [1.165, 1.54) is 35.2 Å². The number of amides is 1. The molecule has 0 saturated carbocycles. The maximum atomic E-state index is 13.5. The molecule has 35 heavy (non-hydrogen) atoms. The molecule has 0 fully saturated rings. The predicted octanol–water partition coefficient (Wildman–Crippen LogP) is 4.89. The Balaban J connectivity index is 1.46. The van der Waals surface area contributed by atoms with Crippen LogP contribution in [0.5, 0.6) is 5.75 Å². The monoisotopic (exact) mass is 512 g/mol. The van der Waals surface area contributed by atoms with Crippen molar-refractivity contribution in [3.8, 4) is 22.7 Å². The van der Waals surface area contributed by atoms with Gasteiger partial charge in [0.15, 0.2) is 16.1 Å². The number of rotatable bonds is 9. The molecule has 0 spiro atoms. The number of aromatic nitrogens is 4. The normalized spacial score (nSPS) is 12.1. The van der Waals surface area contributed by atoms with Gasteiger partial charge < -0.3 is 10.1 Å². The van der Waals surface area contributed by atoms with E-state index in [0.29, 0.717) is 16.1 Å². The second kappa shape index (κ2) is 11.0. The zero-order chi connectivity index (χ0) is 24.9. The van der Waals surface area contributed by atoms with Crippen molar-refractivity contribution < 1.29 is 13.9 Å². The van der Waals surface area contributed by atoms with E-state index < -0.39 is 0 Å². The number of methoxy groups -OCH3 is 1. The number of hydrogen-bond donors (Lipinski definition) is 1. The van der Waals surface area contributed by atoms with E-state index in [0.717, 1.165) is 22.7 Å². The number of thiazole rings is 1. The Hall–Kier alpha value is -3.28. The topological polar surface area (TPSA) is 85.2 Å². The fourth-order valence-electron chi connectivity index (χ4n) is 3.22. The molecule has 2 aromatic carbocycles. The maximum Gasteiger partial charge on any atom is 0.236 e. The van der Waals surface area contributed by atoms with Gasteiger partial charge in [-0.25, -0.2) is 9.37 Å². The number of nitrogens with zero attached hydrogens (tertiary/aromatic N) is 5. The molecule has 2 aromatic heterocycles. The number of anilines is 1. The van der Waals surface area contributed by atoms with Crippen LogP contribution >= 0.6 is 23.1 Å². The molecule has 4 rings (SSSR count). The molecule has 0 aliphatic rings. The van der Waals surface area contributed by atoms with E-state index in [2.05, 4.69) is 20.5 Å². The highest BCUT2D eigenvalue weighted by Gasteiger charge is 2.22. The van der Waals surface area contributed by atoms with Crippen LogP contribution in [0.2, 0.25) is 0 Å². The van der Waals surface area contributed by atoms with Crippen LogP contribution in [0.1, 0.15) is 18.8 Å². The molecule has 2 heterocycles. The van der Waals surface area contributed by atoms with Crippen LogP contribution in [0.25, 0.3) is 16.9 Å². The van der Waals surface area contributed by atoms with Crippen LogP contribution in [0.15, 0.2) is 59.1 Å². The van der Waals surface area contributed by atoms with Crippen molar-refractivity contribution in [1.82, 2.24) is 24.6 Å². The molecule has 0 aliphatic carbocycles. The van der Waals surface area contributed by atoms with Gasteiger partial charge in [-0.3, -0.25) is 14.3 Å².